The molecule has 0 bridgehead atoms. The third-order valence-electron chi connectivity index (χ3n) is 2.14. The van der Waals surface area contributed by atoms with Crippen LogP contribution in [-0.4, -0.2) is 15.7 Å². The van der Waals surface area contributed by atoms with Crippen LogP contribution in [0.3, 0.4) is 0 Å². The molecule has 0 aliphatic rings. The summed E-state index contributed by atoms with van der Waals surface area (Å²) in [6.45, 7) is 1.99. The first kappa shape index (κ1) is 9.40. The Labute approximate surface area is 89.9 Å². The van der Waals surface area contributed by atoms with Crippen molar-refractivity contribution in [3.05, 3.63) is 34.2 Å². The number of hydrogen-bond acceptors (Lipinski definition) is 2. The lowest BCUT2D eigenvalue weighted by atomic mass is 10.3. The smallest absolute Gasteiger partial charge is 0.168 e. The summed E-state index contributed by atoms with van der Waals surface area (Å²) >= 11 is 3.36. The number of pyridine rings is 1. The number of imidazole rings is 1. The predicted octanol–water partition coefficient (Wildman–Crippen LogP) is 2.47. The van der Waals surface area contributed by atoms with Gasteiger partial charge in [0.2, 0.25) is 0 Å². The summed E-state index contributed by atoms with van der Waals surface area (Å²) in [7, 11) is 0. The van der Waals surface area contributed by atoms with Crippen molar-refractivity contribution in [2.75, 3.05) is 0 Å². The van der Waals surface area contributed by atoms with E-state index < -0.39 is 0 Å². The van der Waals surface area contributed by atoms with Gasteiger partial charge in [0, 0.05) is 10.7 Å². The summed E-state index contributed by atoms with van der Waals surface area (Å²) in [5, 5.41) is 0. The van der Waals surface area contributed by atoms with Crippen molar-refractivity contribution in [3.63, 3.8) is 0 Å². The molecule has 2 heterocycles. The van der Waals surface area contributed by atoms with E-state index in [4.69, 9.17) is 0 Å². The van der Waals surface area contributed by atoms with Crippen LogP contribution >= 0.6 is 15.9 Å². The number of aromatic nitrogens is 2. The van der Waals surface area contributed by atoms with Crippen LogP contribution in [0.15, 0.2) is 22.8 Å². The highest BCUT2D eigenvalue weighted by Gasteiger charge is 2.09. The summed E-state index contributed by atoms with van der Waals surface area (Å²) < 4.78 is 2.74. The lowest BCUT2D eigenvalue weighted by Gasteiger charge is -1.95. The highest BCUT2D eigenvalue weighted by molar-refractivity contribution is 9.10. The van der Waals surface area contributed by atoms with E-state index in [0.717, 1.165) is 28.5 Å². The van der Waals surface area contributed by atoms with Gasteiger partial charge in [0.25, 0.3) is 0 Å². The molecule has 0 spiro atoms. The maximum Gasteiger partial charge on any atom is 0.168 e. The average Bonchev–Trinajstić information content (AvgIpc) is 2.54. The molecular weight excluding hydrogens is 244 g/mol. The van der Waals surface area contributed by atoms with Crippen molar-refractivity contribution in [2.24, 2.45) is 0 Å². The van der Waals surface area contributed by atoms with Crippen LogP contribution in [0.1, 0.15) is 23.1 Å². The first-order chi connectivity index (χ1) is 6.76. The molecule has 0 radical (unpaired) electrons. The minimum Gasteiger partial charge on any atom is -0.296 e. The zero-order valence-electron chi connectivity index (χ0n) is 7.70. The van der Waals surface area contributed by atoms with Crippen molar-refractivity contribution in [3.8, 4) is 0 Å². The average molecular weight is 253 g/mol. The van der Waals surface area contributed by atoms with Gasteiger partial charge in [-0.3, -0.25) is 9.20 Å². The lowest BCUT2D eigenvalue weighted by Crippen LogP contribution is -1.93. The topological polar surface area (TPSA) is 34.4 Å². The molecular formula is C10H9BrN2O. The molecule has 0 aliphatic heterocycles. The fraction of sp³-hybridized carbons (Fsp3) is 0.200. The second kappa shape index (κ2) is 3.53. The number of aryl methyl sites for hydroxylation is 1. The number of aldehydes is 1. The van der Waals surface area contributed by atoms with Gasteiger partial charge in [-0.25, -0.2) is 4.98 Å². The number of fused-ring (bicyclic) bond motifs is 1. The number of hydrogen-bond donors (Lipinski definition) is 0. The van der Waals surface area contributed by atoms with Crippen molar-refractivity contribution in [2.45, 2.75) is 13.3 Å². The molecule has 2 aromatic heterocycles. The van der Waals surface area contributed by atoms with Crippen LogP contribution in [-0.2, 0) is 6.42 Å². The van der Waals surface area contributed by atoms with E-state index in [1.54, 1.807) is 4.40 Å². The van der Waals surface area contributed by atoms with Crippen molar-refractivity contribution < 1.29 is 4.79 Å². The molecule has 0 N–H and O–H groups in total. The minimum atomic E-state index is 0.642. The fourth-order valence-electron chi connectivity index (χ4n) is 1.47. The number of carbonyl (C=O) groups is 1. The van der Waals surface area contributed by atoms with Crippen molar-refractivity contribution >= 4 is 27.9 Å². The zero-order chi connectivity index (χ0) is 10.1. The van der Waals surface area contributed by atoms with E-state index in [2.05, 4.69) is 20.9 Å². The van der Waals surface area contributed by atoms with Gasteiger partial charge in [-0.2, -0.15) is 0 Å². The molecule has 0 fully saturated rings. The fourth-order valence-corrected chi connectivity index (χ4v) is 1.81. The van der Waals surface area contributed by atoms with Gasteiger partial charge in [-0.1, -0.05) is 6.92 Å². The Morgan fingerprint density at radius 2 is 2.36 bits per heavy atom. The second-order valence-corrected chi connectivity index (χ2v) is 3.91. The molecule has 3 nitrogen and oxygen atoms in total. The molecule has 72 valence electrons. The zero-order valence-corrected chi connectivity index (χ0v) is 9.28. The monoisotopic (exact) mass is 252 g/mol. The normalized spacial score (nSPS) is 10.7. The van der Waals surface area contributed by atoms with E-state index in [-0.39, 0.29) is 0 Å². The molecule has 14 heavy (non-hydrogen) atoms. The first-order valence-electron chi connectivity index (χ1n) is 4.38. The highest BCUT2D eigenvalue weighted by atomic mass is 79.9. The quantitative estimate of drug-likeness (QED) is 0.770. The molecule has 4 heteroatoms. The summed E-state index contributed by atoms with van der Waals surface area (Å²) in [6, 6.07) is 3.80. The van der Waals surface area contributed by atoms with Gasteiger partial charge in [-0.15, -0.1) is 0 Å². The number of carbonyl (C=O) groups excluding carboxylic acids is 1. The van der Waals surface area contributed by atoms with Crippen LogP contribution in [0.5, 0.6) is 0 Å². The third-order valence-corrected chi connectivity index (χ3v) is 2.61. The van der Waals surface area contributed by atoms with Gasteiger partial charge < -0.3 is 0 Å². The molecule has 2 rings (SSSR count). The largest absolute Gasteiger partial charge is 0.296 e. The molecule has 0 aliphatic carbocycles. The standard InChI is InChI=1S/C10H9BrN2O/c1-2-8-9(6-14)13-5-7(11)3-4-10(13)12-8/h3-6H,2H2,1H3. The van der Waals surface area contributed by atoms with Crippen LogP contribution in [0.25, 0.3) is 5.65 Å². The summed E-state index contributed by atoms with van der Waals surface area (Å²) in [6.07, 6.45) is 3.48. The molecule has 0 aromatic carbocycles. The van der Waals surface area contributed by atoms with Gasteiger partial charge in [0.15, 0.2) is 6.29 Å². The molecule has 0 saturated heterocycles. The maximum atomic E-state index is 10.9. The van der Waals surface area contributed by atoms with Crippen molar-refractivity contribution in [1.82, 2.24) is 9.38 Å². The first-order valence-corrected chi connectivity index (χ1v) is 5.17. The Morgan fingerprint density at radius 1 is 1.57 bits per heavy atom. The Hall–Kier alpha value is -1.16. The van der Waals surface area contributed by atoms with E-state index in [9.17, 15) is 4.79 Å². The maximum absolute atomic E-state index is 10.9. The van der Waals surface area contributed by atoms with E-state index in [1.165, 1.54) is 0 Å². The number of halogens is 1. The van der Waals surface area contributed by atoms with Crippen molar-refractivity contribution in [1.29, 1.82) is 0 Å². The number of nitrogens with zero attached hydrogens (tertiary/aromatic N) is 2. The van der Waals surface area contributed by atoms with Gasteiger partial charge in [-0.05, 0) is 34.5 Å². The second-order valence-electron chi connectivity index (χ2n) is 2.99. The summed E-state index contributed by atoms with van der Waals surface area (Å²) in [5.41, 5.74) is 2.30. The van der Waals surface area contributed by atoms with Crippen LogP contribution in [0.2, 0.25) is 0 Å². The van der Waals surface area contributed by atoms with Gasteiger partial charge >= 0.3 is 0 Å². The molecule has 0 saturated carbocycles. The van der Waals surface area contributed by atoms with Gasteiger partial charge in [0.1, 0.15) is 11.3 Å². The Morgan fingerprint density at radius 3 is 3.00 bits per heavy atom. The minimum absolute atomic E-state index is 0.642. The highest BCUT2D eigenvalue weighted by Crippen LogP contribution is 2.16. The SMILES string of the molecule is CCc1nc2ccc(Br)cn2c1C=O. The molecule has 0 amide bonds. The van der Waals surface area contributed by atoms with Crippen LogP contribution < -0.4 is 0 Å². The van der Waals surface area contributed by atoms with Crippen LogP contribution in [0, 0.1) is 0 Å². The lowest BCUT2D eigenvalue weighted by molar-refractivity contribution is 0.111. The van der Waals surface area contributed by atoms with Crippen LogP contribution in [0.4, 0.5) is 0 Å². The van der Waals surface area contributed by atoms with E-state index in [1.807, 2.05) is 25.3 Å². The van der Waals surface area contributed by atoms with Gasteiger partial charge in [0.05, 0.1) is 5.69 Å². The predicted molar refractivity (Wildman–Crippen MR) is 57.7 cm³/mol. The summed E-state index contributed by atoms with van der Waals surface area (Å²) in [4.78, 5) is 15.3. The Kier molecular flexibility index (Phi) is 2.37. The summed E-state index contributed by atoms with van der Waals surface area (Å²) in [5.74, 6) is 0. The molecule has 2 aromatic rings. The molecule has 0 unspecified atom stereocenters. The molecule has 0 atom stereocenters. The third kappa shape index (κ3) is 1.35. The Bertz CT molecular complexity index is 490. The van der Waals surface area contributed by atoms with E-state index in [0.29, 0.717) is 5.69 Å². The van der Waals surface area contributed by atoms with E-state index >= 15 is 0 Å². The number of rotatable bonds is 2. The Balaban J connectivity index is 2.81.